The van der Waals surface area contributed by atoms with Crippen molar-refractivity contribution in [2.75, 3.05) is 40.9 Å². The molecule has 0 bridgehead atoms. The van der Waals surface area contributed by atoms with Crippen molar-refractivity contribution in [3.05, 3.63) is 109 Å². The van der Waals surface area contributed by atoms with Gasteiger partial charge in [0.05, 0.1) is 33.8 Å². The van der Waals surface area contributed by atoms with Crippen molar-refractivity contribution in [2.45, 2.75) is 348 Å². The number of unbranched alkanes of at least 4 members (excludes halogenated alkanes) is 36. The molecule has 1 amide bonds. The number of likely N-dealkylation sites (N-methyl/N-ethyl adjacent to an activating group) is 1. The third kappa shape index (κ3) is 69.0. The van der Waals surface area contributed by atoms with Gasteiger partial charge in [-0.2, -0.15) is 0 Å². The summed E-state index contributed by atoms with van der Waals surface area (Å²) in [6.07, 6.45) is 95.0. The Kier molecular flexibility index (Phi) is 66.0. The van der Waals surface area contributed by atoms with Gasteiger partial charge in [-0.15, -0.1) is 0 Å². The Bertz CT molecular complexity index is 1910. The molecule has 520 valence electrons. The largest absolute Gasteiger partial charge is 0.756 e. The average molecular weight is 1280 g/mol. The van der Waals surface area contributed by atoms with Gasteiger partial charge in [0.15, 0.2) is 0 Å². The van der Waals surface area contributed by atoms with Gasteiger partial charge in [0.1, 0.15) is 19.3 Å². The van der Waals surface area contributed by atoms with E-state index in [-0.39, 0.29) is 24.9 Å². The van der Waals surface area contributed by atoms with E-state index in [1.54, 1.807) is 0 Å². The first-order chi connectivity index (χ1) is 43.9. The molecule has 9 nitrogen and oxygen atoms in total. The van der Waals surface area contributed by atoms with E-state index in [0.717, 1.165) is 116 Å². The van der Waals surface area contributed by atoms with Gasteiger partial charge >= 0.3 is 5.97 Å². The first-order valence-corrected chi connectivity index (χ1v) is 39.2. The maximum Gasteiger partial charge on any atom is 0.306 e. The van der Waals surface area contributed by atoms with E-state index >= 15 is 0 Å². The van der Waals surface area contributed by atoms with E-state index in [1.807, 2.05) is 33.3 Å². The number of rotatable bonds is 68. The zero-order valence-electron chi connectivity index (χ0n) is 59.6. The molecule has 0 aliphatic heterocycles. The van der Waals surface area contributed by atoms with Crippen molar-refractivity contribution in [2.24, 2.45) is 0 Å². The minimum atomic E-state index is -4.71. The van der Waals surface area contributed by atoms with Crippen LogP contribution < -0.4 is 10.2 Å². The number of nitrogens with zero attached hydrogens (tertiary/aromatic N) is 1. The van der Waals surface area contributed by atoms with Crippen molar-refractivity contribution >= 4 is 19.7 Å². The van der Waals surface area contributed by atoms with Gasteiger partial charge < -0.3 is 28.5 Å². The standard InChI is InChI=1S/C80H143N2O7P/c1-7-10-13-16-19-22-25-28-30-32-34-36-38-40-41-43-45-47-49-51-53-55-58-61-64-67-70-73-80(84)89-78(71-68-65-62-59-56-27-24-21-18-15-12-9-3)77(76-88-90(85,86)87-75-74-82(4,5)6)81-79(83)72-69-66-63-60-57-54-52-50-48-46-44-42-39-37-35-33-31-29-26-23-20-17-14-11-8-2/h10,13,19-20,22-23,28-31,34,36,40-41,45,47,68,71,77-78H,7-9,11-12,14-18,21,24-27,32-33,35,37-39,42-44,46,48-67,69-70,72-76H2,1-6H3,(H-,81,83,85,86)/b13-10-,22-19-,23-20-,30-28-,31-29-,36-34-,41-40-,47-45-,71-68+. The topological polar surface area (TPSA) is 114 Å². The average Bonchev–Trinajstić information content (AvgIpc) is 3.12. The molecule has 3 atom stereocenters. The van der Waals surface area contributed by atoms with E-state index in [4.69, 9.17) is 13.8 Å². The molecule has 0 aliphatic rings. The summed E-state index contributed by atoms with van der Waals surface area (Å²) in [5, 5.41) is 3.05. The molecule has 0 spiro atoms. The molecule has 0 fully saturated rings. The molecule has 90 heavy (non-hydrogen) atoms. The van der Waals surface area contributed by atoms with Crippen LogP contribution in [0.2, 0.25) is 0 Å². The molecule has 0 aromatic heterocycles. The number of allylic oxidation sites excluding steroid dienone is 17. The van der Waals surface area contributed by atoms with Crippen LogP contribution in [0.1, 0.15) is 335 Å². The Morgan fingerprint density at radius 2 is 0.711 bits per heavy atom. The summed E-state index contributed by atoms with van der Waals surface area (Å²) in [7, 11) is 1.18. The summed E-state index contributed by atoms with van der Waals surface area (Å²) in [5.41, 5.74) is 0. The van der Waals surface area contributed by atoms with Gasteiger partial charge in [0, 0.05) is 12.8 Å². The number of phosphoric acid groups is 1. The highest BCUT2D eigenvalue weighted by Crippen LogP contribution is 2.38. The Morgan fingerprint density at radius 3 is 1.09 bits per heavy atom. The lowest BCUT2D eigenvalue weighted by Gasteiger charge is -2.30. The monoisotopic (exact) mass is 1280 g/mol. The second-order valence-corrected chi connectivity index (χ2v) is 27.8. The van der Waals surface area contributed by atoms with Crippen LogP contribution in [0.5, 0.6) is 0 Å². The lowest BCUT2D eigenvalue weighted by molar-refractivity contribution is -0.870. The molecule has 0 radical (unpaired) electrons. The van der Waals surface area contributed by atoms with Crippen molar-refractivity contribution in [3.8, 4) is 0 Å². The third-order valence-electron chi connectivity index (χ3n) is 16.4. The van der Waals surface area contributed by atoms with Gasteiger partial charge in [-0.25, -0.2) is 0 Å². The maximum absolute atomic E-state index is 13.6. The molecule has 0 aromatic rings. The lowest BCUT2D eigenvalue weighted by Crippen LogP contribution is -2.47. The van der Waals surface area contributed by atoms with Gasteiger partial charge in [-0.3, -0.25) is 14.2 Å². The van der Waals surface area contributed by atoms with E-state index in [1.165, 1.54) is 186 Å². The van der Waals surface area contributed by atoms with Crippen LogP contribution in [-0.4, -0.2) is 69.4 Å². The van der Waals surface area contributed by atoms with Crippen LogP contribution in [0.15, 0.2) is 109 Å². The van der Waals surface area contributed by atoms with Crippen molar-refractivity contribution in [1.82, 2.24) is 5.32 Å². The molecular weight excluding hydrogens is 1130 g/mol. The summed E-state index contributed by atoms with van der Waals surface area (Å²) in [6, 6.07) is -0.899. The summed E-state index contributed by atoms with van der Waals surface area (Å²) >= 11 is 0. The van der Waals surface area contributed by atoms with Crippen molar-refractivity contribution in [1.29, 1.82) is 0 Å². The van der Waals surface area contributed by atoms with Gasteiger partial charge in [-0.1, -0.05) is 317 Å². The molecule has 0 saturated carbocycles. The zero-order valence-corrected chi connectivity index (χ0v) is 60.5. The predicted molar refractivity (Wildman–Crippen MR) is 390 cm³/mol. The van der Waals surface area contributed by atoms with Crippen LogP contribution in [0.25, 0.3) is 0 Å². The minimum Gasteiger partial charge on any atom is -0.756 e. The fourth-order valence-corrected chi connectivity index (χ4v) is 11.4. The van der Waals surface area contributed by atoms with Crippen molar-refractivity contribution < 1.29 is 37.3 Å². The van der Waals surface area contributed by atoms with E-state index < -0.39 is 26.6 Å². The normalized spacial score (nSPS) is 14.1. The highest BCUT2D eigenvalue weighted by Gasteiger charge is 2.27. The SMILES string of the molecule is CC/C=C\C/C=C\C/C=C\C/C=C\C/C=C\C/C=C\CCCCCCCCCCC(=O)OC(/C=C/CCCCCCCCCCCC)C(COP(=O)([O-])OCC[N+](C)(C)C)NC(=O)CCCCCCCCCCCCCCCCC/C=C\C/C=C\CCCCC. The first-order valence-electron chi connectivity index (χ1n) is 37.7. The second-order valence-electron chi connectivity index (χ2n) is 26.4. The van der Waals surface area contributed by atoms with E-state index in [0.29, 0.717) is 17.4 Å². The van der Waals surface area contributed by atoms with Gasteiger partial charge in [0.2, 0.25) is 5.91 Å². The number of esters is 1. The van der Waals surface area contributed by atoms with Crippen LogP contribution in [-0.2, 0) is 27.9 Å². The number of carbonyl (C=O) groups excluding carboxylic acids is 2. The predicted octanol–water partition coefficient (Wildman–Crippen LogP) is 23.8. The quantitative estimate of drug-likeness (QED) is 0.0212. The number of ether oxygens (including phenoxy) is 1. The van der Waals surface area contributed by atoms with Gasteiger partial charge in [-0.05, 0) is 115 Å². The first kappa shape index (κ1) is 86.7. The molecule has 3 unspecified atom stereocenters. The molecule has 0 aliphatic carbocycles. The number of hydrogen-bond donors (Lipinski definition) is 1. The lowest BCUT2D eigenvalue weighted by atomic mass is 10.0. The summed E-state index contributed by atoms with van der Waals surface area (Å²) in [5.74, 6) is -0.545. The zero-order chi connectivity index (χ0) is 65.6. The Labute approximate surface area is 557 Å². The van der Waals surface area contributed by atoms with E-state index in [9.17, 15) is 19.0 Å². The highest BCUT2D eigenvalue weighted by atomic mass is 31.2. The number of hydrogen-bond acceptors (Lipinski definition) is 7. The number of nitrogens with one attached hydrogen (secondary N) is 1. The van der Waals surface area contributed by atoms with Gasteiger partial charge in [0.25, 0.3) is 7.82 Å². The fourth-order valence-electron chi connectivity index (χ4n) is 10.7. The fraction of sp³-hybridized carbons (Fsp3) is 0.750. The van der Waals surface area contributed by atoms with Crippen LogP contribution >= 0.6 is 7.82 Å². The smallest absolute Gasteiger partial charge is 0.306 e. The number of amides is 1. The minimum absolute atomic E-state index is 0.0272. The van der Waals surface area contributed by atoms with Crippen LogP contribution in [0, 0.1) is 0 Å². The molecule has 10 heteroatoms. The summed E-state index contributed by atoms with van der Waals surface area (Å²) in [4.78, 5) is 40.3. The van der Waals surface area contributed by atoms with Crippen molar-refractivity contribution in [3.63, 3.8) is 0 Å². The van der Waals surface area contributed by atoms with Crippen LogP contribution in [0.3, 0.4) is 0 Å². The molecule has 0 saturated heterocycles. The third-order valence-corrected chi connectivity index (χ3v) is 17.4. The maximum atomic E-state index is 13.6. The Hall–Kier alpha value is -3.33. The number of carbonyl (C=O) groups is 2. The molecule has 0 heterocycles. The number of phosphoric ester groups is 1. The summed E-state index contributed by atoms with van der Waals surface area (Å²) in [6.45, 7) is 6.73. The highest BCUT2D eigenvalue weighted by molar-refractivity contribution is 7.45. The van der Waals surface area contributed by atoms with Crippen LogP contribution in [0.4, 0.5) is 0 Å². The number of quaternary nitrogens is 1. The Balaban J connectivity index is 5.02. The molecule has 0 aromatic carbocycles. The Morgan fingerprint density at radius 1 is 0.400 bits per heavy atom. The van der Waals surface area contributed by atoms with E-state index in [2.05, 4.69) is 123 Å². The second kappa shape index (κ2) is 68.5. The summed E-state index contributed by atoms with van der Waals surface area (Å²) < 4.78 is 30.5. The molecule has 1 N–H and O–H groups in total. The molecule has 0 rings (SSSR count). The molecular formula is C80H143N2O7P.